The summed E-state index contributed by atoms with van der Waals surface area (Å²) in [6, 6.07) is 17.7. The van der Waals surface area contributed by atoms with Crippen molar-refractivity contribution in [1.82, 2.24) is 15.8 Å². The van der Waals surface area contributed by atoms with Crippen LogP contribution in [-0.4, -0.2) is 41.7 Å². The molecular weight excluding hydrogens is 386 g/mol. The van der Waals surface area contributed by atoms with E-state index in [9.17, 15) is 19.2 Å². The maximum Gasteiger partial charge on any atom is 0.311 e. The monoisotopic (exact) mass is 409 g/mol. The predicted octanol–water partition coefficient (Wildman–Crippen LogP) is 1.60. The van der Waals surface area contributed by atoms with Gasteiger partial charge in [0.2, 0.25) is 5.91 Å². The van der Waals surface area contributed by atoms with Gasteiger partial charge in [-0.3, -0.25) is 30.0 Å². The number of likely N-dealkylation sites (tertiary alicyclic amines) is 1. The summed E-state index contributed by atoms with van der Waals surface area (Å²) in [5.74, 6) is -2.53. The Labute approximate surface area is 174 Å². The van der Waals surface area contributed by atoms with Crippen LogP contribution in [0.25, 0.3) is 0 Å². The van der Waals surface area contributed by atoms with Gasteiger partial charge in [0.15, 0.2) is 6.61 Å². The number of hydrogen-bond acceptors (Lipinski definition) is 5. The van der Waals surface area contributed by atoms with Crippen LogP contribution in [0.15, 0.2) is 60.7 Å². The molecule has 2 aromatic carbocycles. The topological polar surface area (TPSA) is 105 Å². The minimum absolute atomic E-state index is 0.0440. The molecule has 2 atom stereocenters. The first-order valence-corrected chi connectivity index (χ1v) is 9.61. The van der Waals surface area contributed by atoms with Crippen LogP contribution >= 0.6 is 0 Å². The van der Waals surface area contributed by atoms with Crippen molar-refractivity contribution in [1.29, 1.82) is 0 Å². The van der Waals surface area contributed by atoms with Gasteiger partial charge >= 0.3 is 5.97 Å². The van der Waals surface area contributed by atoms with E-state index in [1.165, 1.54) is 0 Å². The molecule has 8 heteroatoms. The molecule has 1 saturated heterocycles. The number of hydrazine groups is 1. The van der Waals surface area contributed by atoms with Crippen molar-refractivity contribution in [2.45, 2.75) is 19.4 Å². The van der Waals surface area contributed by atoms with E-state index in [1.54, 1.807) is 35.2 Å². The SMILES string of the molecule is C[C@H](c1ccccc1)N1C[C@@H](C(=O)OCC(=O)NNC(=O)c2ccccc2)CC1=O. The van der Waals surface area contributed by atoms with Gasteiger partial charge in [-0.15, -0.1) is 0 Å². The fourth-order valence-corrected chi connectivity index (χ4v) is 3.25. The molecule has 2 N–H and O–H groups in total. The highest BCUT2D eigenvalue weighted by atomic mass is 16.5. The third-order valence-corrected chi connectivity index (χ3v) is 4.94. The first-order valence-electron chi connectivity index (χ1n) is 9.61. The van der Waals surface area contributed by atoms with E-state index >= 15 is 0 Å². The van der Waals surface area contributed by atoms with E-state index in [0.29, 0.717) is 5.56 Å². The number of amides is 3. The Bertz CT molecular complexity index is 917. The molecule has 2 aromatic rings. The highest BCUT2D eigenvalue weighted by Gasteiger charge is 2.38. The number of nitrogens with one attached hydrogen (secondary N) is 2. The Hall–Kier alpha value is -3.68. The Balaban J connectivity index is 1.44. The average molecular weight is 409 g/mol. The first-order chi connectivity index (χ1) is 14.5. The molecule has 3 rings (SSSR count). The van der Waals surface area contributed by atoms with Gasteiger partial charge < -0.3 is 9.64 Å². The Kier molecular flexibility index (Phi) is 6.79. The number of rotatable bonds is 6. The van der Waals surface area contributed by atoms with Gasteiger partial charge in [0.05, 0.1) is 12.0 Å². The smallest absolute Gasteiger partial charge is 0.311 e. The van der Waals surface area contributed by atoms with Crippen molar-refractivity contribution in [2.24, 2.45) is 5.92 Å². The summed E-state index contributed by atoms with van der Waals surface area (Å²) in [5.41, 5.74) is 5.80. The second-order valence-corrected chi connectivity index (χ2v) is 7.01. The molecule has 30 heavy (non-hydrogen) atoms. The molecule has 3 amide bonds. The molecule has 0 aromatic heterocycles. The summed E-state index contributed by atoms with van der Waals surface area (Å²) in [6.07, 6.45) is 0.0440. The van der Waals surface area contributed by atoms with Gasteiger partial charge in [-0.1, -0.05) is 48.5 Å². The Morgan fingerprint density at radius 3 is 2.33 bits per heavy atom. The van der Waals surface area contributed by atoms with Gasteiger partial charge in [-0.05, 0) is 24.6 Å². The summed E-state index contributed by atoms with van der Waals surface area (Å²) in [4.78, 5) is 50.0. The predicted molar refractivity (Wildman–Crippen MR) is 108 cm³/mol. The van der Waals surface area contributed by atoms with Crippen molar-refractivity contribution in [3.05, 3.63) is 71.8 Å². The van der Waals surface area contributed by atoms with Crippen molar-refractivity contribution in [2.75, 3.05) is 13.2 Å². The molecule has 1 aliphatic rings. The molecule has 0 radical (unpaired) electrons. The lowest BCUT2D eigenvalue weighted by atomic mass is 10.1. The number of ether oxygens (including phenoxy) is 1. The van der Waals surface area contributed by atoms with Gasteiger partial charge in [-0.2, -0.15) is 0 Å². The third kappa shape index (κ3) is 5.22. The number of carbonyl (C=O) groups is 4. The van der Waals surface area contributed by atoms with Crippen LogP contribution in [0.5, 0.6) is 0 Å². The summed E-state index contributed by atoms with van der Waals surface area (Å²) in [7, 11) is 0. The second kappa shape index (κ2) is 9.69. The van der Waals surface area contributed by atoms with Gasteiger partial charge in [-0.25, -0.2) is 0 Å². The molecule has 1 aliphatic heterocycles. The zero-order chi connectivity index (χ0) is 21.5. The van der Waals surface area contributed by atoms with Crippen LogP contribution in [0, 0.1) is 5.92 Å². The van der Waals surface area contributed by atoms with Gasteiger partial charge in [0.1, 0.15) is 0 Å². The summed E-state index contributed by atoms with van der Waals surface area (Å²) in [6.45, 7) is 1.59. The number of esters is 1. The molecule has 0 bridgehead atoms. The second-order valence-electron chi connectivity index (χ2n) is 7.01. The highest BCUT2D eigenvalue weighted by molar-refractivity contribution is 5.95. The first kappa shape index (κ1) is 21.0. The fraction of sp³-hybridized carbons (Fsp3) is 0.273. The quantitative estimate of drug-likeness (QED) is 0.557. The molecule has 156 valence electrons. The summed E-state index contributed by atoms with van der Waals surface area (Å²) >= 11 is 0. The fourth-order valence-electron chi connectivity index (χ4n) is 3.25. The maximum absolute atomic E-state index is 12.3. The van der Waals surface area contributed by atoms with E-state index in [2.05, 4.69) is 10.9 Å². The third-order valence-electron chi connectivity index (χ3n) is 4.94. The van der Waals surface area contributed by atoms with Crippen LogP contribution in [0.1, 0.15) is 35.3 Å². The van der Waals surface area contributed by atoms with E-state index in [-0.39, 0.29) is 24.9 Å². The standard InChI is InChI=1S/C22H23N3O5/c1-15(16-8-4-2-5-9-16)25-13-18(12-20(25)27)22(29)30-14-19(26)23-24-21(28)17-10-6-3-7-11-17/h2-11,15,18H,12-14H2,1H3,(H,23,26)(H,24,28)/t15-,18+/m1/s1. The Morgan fingerprint density at radius 2 is 1.67 bits per heavy atom. The molecule has 0 saturated carbocycles. The van der Waals surface area contributed by atoms with Crippen LogP contribution in [-0.2, 0) is 19.1 Å². The van der Waals surface area contributed by atoms with E-state index in [0.717, 1.165) is 5.56 Å². The van der Waals surface area contributed by atoms with Gasteiger partial charge in [0, 0.05) is 18.5 Å². The lowest BCUT2D eigenvalue weighted by Gasteiger charge is -2.25. The molecule has 0 unspecified atom stereocenters. The summed E-state index contributed by atoms with van der Waals surface area (Å²) < 4.78 is 5.03. The number of hydrogen-bond donors (Lipinski definition) is 2. The minimum atomic E-state index is -0.675. The van der Waals surface area contributed by atoms with E-state index < -0.39 is 30.3 Å². The largest absolute Gasteiger partial charge is 0.455 e. The molecule has 8 nitrogen and oxygen atoms in total. The minimum Gasteiger partial charge on any atom is -0.455 e. The molecule has 1 heterocycles. The lowest BCUT2D eigenvalue weighted by molar-refractivity contribution is -0.152. The number of nitrogens with zero attached hydrogens (tertiary/aromatic N) is 1. The molecule has 0 aliphatic carbocycles. The summed E-state index contributed by atoms with van der Waals surface area (Å²) in [5, 5.41) is 0. The van der Waals surface area contributed by atoms with Crippen LogP contribution < -0.4 is 10.9 Å². The zero-order valence-corrected chi connectivity index (χ0v) is 16.5. The number of benzene rings is 2. The normalized spacial score (nSPS) is 16.6. The number of carbonyl (C=O) groups excluding carboxylic acids is 4. The Morgan fingerprint density at radius 1 is 1.03 bits per heavy atom. The van der Waals surface area contributed by atoms with Gasteiger partial charge in [0.25, 0.3) is 11.8 Å². The van der Waals surface area contributed by atoms with E-state index in [4.69, 9.17) is 4.74 Å². The van der Waals surface area contributed by atoms with E-state index in [1.807, 2.05) is 37.3 Å². The highest BCUT2D eigenvalue weighted by Crippen LogP contribution is 2.28. The molecule has 0 spiro atoms. The zero-order valence-electron chi connectivity index (χ0n) is 16.5. The van der Waals surface area contributed by atoms with Crippen molar-refractivity contribution in [3.63, 3.8) is 0 Å². The van der Waals surface area contributed by atoms with Crippen LogP contribution in [0.3, 0.4) is 0 Å². The lowest BCUT2D eigenvalue weighted by Crippen LogP contribution is -2.43. The van der Waals surface area contributed by atoms with Crippen LogP contribution in [0.2, 0.25) is 0 Å². The van der Waals surface area contributed by atoms with Crippen LogP contribution in [0.4, 0.5) is 0 Å². The molecular formula is C22H23N3O5. The molecule has 1 fully saturated rings. The van der Waals surface area contributed by atoms with Crippen molar-refractivity contribution < 1.29 is 23.9 Å². The van der Waals surface area contributed by atoms with Crippen molar-refractivity contribution in [3.8, 4) is 0 Å². The van der Waals surface area contributed by atoms with Crippen molar-refractivity contribution >= 4 is 23.7 Å². The maximum atomic E-state index is 12.3. The average Bonchev–Trinajstić information content (AvgIpc) is 3.18.